The molecule has 2 aliphatic rings. The van der Waals surface area contributed by atoms with E-state index < -0.39 is 14.4 Å². The van der Waals surface area contributed by atoms with Gasteiger partial charge in [0.15, 0.2) is 0 Å². The van der Waals surface area contributed by atoms with E-state index in [1.54, 1.807) is 14.4 Å². The van der Waals surface area contributed by atoms with E-state index in [-0.39, 0.29) is 0 Å². The SMILES string of the molecule is CCC[CH2][Zr]([CH3])(=[SiH2])([CH2]CCC)([c]1ccccc1)([CH]1C=Cc2ccccc21)[CH]1C=Cc2ccccc21. The fourth-order valence-corrected chi connectivity index (χ4v) is 50.5. The summed E-state index contributed by atoms with van der Waals surface area (Å²) in [7, 11) is 0. The second-order valence-corrected chi connectivity index (χ2v) is 61.1. The summed E-state index contributed by atoms with van der Waals surface area (Å²) in [5.41, 5.74) is 6.00. The van der Waals surface area contributed by atoms with E-state index in [0.29, 0.717) is 7.25 Å². The van der Waals surface area contributed by atoms with Crippen molar-refractivity contribution in [2.45, 2.75) is 59.7 Å². The quantitative estimate of drug-likeness (QED) is 0.231. The first-order valence-electron chi connectivity index (χ1n) is 13.9. The zero-order valence-electron chi connectivity index (χ0n) is 21.9. The van der Waals surface area contributed by atoms with Crippen LogP contribution in [0, 0.1) is 0 Å². The van der Waals surface area contributed by atoms with Gasteiger partial charge in [-0.1, -0.05) is 0 Å². The van der Waals surface area contributed by atoms with Crippen LogP contribution in [0.5, 0.6) is 0 Å². The third kappa shape index (κ3) is 3.05. The van der Waals surface area contributed by atoms with E-state index in [0.717, 1.165) is 0 Å². The monoisotopic (exact) mass is 556 g/mol. The molecule has 0 bridgehead atoms. The van der Waals surface area contributed by atoms with Crippen LogP contribution in [0.3, 0.4) is 0 Å². The number of unbranched alkanes of at least 4 members (excludes halogenated alkanes) is 2. The van der Waals surface area contributed by atoms with Crippen LogP contribution in [0.1, 0.15) is 69.0 Å². The van der Waals surface area contributed by atoms with E-state index >= 15 is 0 Å². The van der Waals surface area contributed by atoms with Crippen molar-refractivity contribution in [1.82, 2.24) is 0 Å². The number of fused-ring (bicyclic) bond motifs is 2. The summed E-state index contributed by atoms with van der Waals surface area (Å²) in [6.45, 7) is 7.34. The summed E-state index contributed by atoms with van der Waals surface area (Å²) < 4.78 is 8.14. The Hall–Kier alpha value is -1.76. The van der Waals surface area contributed by atoms with Crippen LogP contribution in [0.4, 0.5) is 0 Å². The van der Waals surface area contributed by atoms with Crippen LogP contribution < -0.4 is 3.27 Å². The third-order valence-electron chi connectivity index (χ3n) is 11.3. The van der Waals surface area contributed by atoms with Crippen LogP contribution in [0.15, 0.2) is 91.0 Å². The Morgan fingerprint density at radius 2 is 1.06 bits per heavy atom. The van der Waals surface area contributed by atoms with Gasteiger partial charge in [0.1, 0.15) is 0 Å². The average molecular weight is 558 g/mol. The maximum atomic E-state index is 2.92. The van der Waals surface area contributed by atoms with Gasteiger partial charge < -0.3 is 0 Å². The Kier molecular flexibility index (Phi) is 5.60. The van der Waals surface area contributed by atoms with Gasteiger partial charge in [-0.2, -0.15) is 0 Å². The standard InChI is InChI=1S/2C9H7.C6H5.2C4H9.CH3.H2Si.Zr/c2*1-2-5-9-7-3-6-8(9)4-1;1-2-4-6-5-3-1;2*1-3-4-2;;;/h2*1-7H;1-5H;2*1,3-4H2,2H3;1H3;1H2;. The second-order valence-electron chi connectivity index (χ2n) is 13.4. The third-order valence-corrected chi connectivity index (χ3v) is 57.1. The first-order valence-corrected chi connectivity index (χ1v) is 29.8. The van der Waals surface area contributed by atoms with E-state index in [4.69, 9.17) is 0 Å². The van der Waals surface area contributed by atoms with Crippen LogP contribution in [-0.4, -0.2) is 6.88 Å². The molecule has 2 aliphatic carbocycles. The van der Waals surface area contributed by atoms with Crippen LogP contribution in [0.2, 0.25) is 12.9 Å². The van der Waals surface area contributed by atoms with Gasteiger partial charge in [-0.3, -0.25) is 0 Å². The fraction of sp³-hybridized carbons (Fsp3) is 0.333. The van der Waals surface area contributed by atoms with Gasteiger partial charge in [-0.25, -0.2) is 0 Å². The van der Waals surface area contributed by atoms with Crippen molar-refractivity contribution in [1.29, 1.82) is 0 Å². The summed E-state index contributed by atoms with van der Waals surface area (Å²) in [5.74, 6) is 0. The number of rotatable bonds is 9. The van der Waals surface area contributed by atoms with Crippen molar-refractivity contribution in [3.8, 4) is 0 Å². The van der Waals surface area contributed by atoms with Crippen molar-refractivity contribution >= 4 is 22.3 Å². The number of hydrogen-bond donors (Lipinski definition) is 0. The molecule has 0 fully saturated rings. The molecule has 182 valence electrons. The molecule has 2 heteroatoms. The molecule has 5 rings (SSSR count). The fourth-order valence-electron chi connectivity index (χ4n) is 9.14. The summed E-state index contributed by atoms with van der Waals surface area (Å²) in [6, 6.07) is 30.5. The van der Waals surface area contributed by atoms with Crippen LogP contribution in [-0.2, 0) is 14.4 Å². The van der Waals surface area contributed by atoms with Gasteiger partial charge in [-0.05, 0) is 0 Å². The Morgan fingerprint density at radius 1 is 0.629 bits per heavy atom. The molecule has 35 heavy (non-hydrogen) atoms. The summed E-state index contributed by atoms with van der Waals surface area (Å²) >= 11 is -5.14. The summed E-state index contributed by atoms with van der Waals surface area (Å²) in [6.07, 6.45) is 15.2. The molecule has 0 nitrogen and oxygen atoms in total. The van der Waals surface area contributed by atoms with E-state index in [1.807, 2.05) is 0 Å². The molecule has 0 radical (unpaired) electrons. The first kappa shape index (κ1) is 24.9. The second kappa shape index (κ2) is 7.87. The Labute approximate surface area is 208 Å². The average Bonchev–Trinajstić information content (AvgIpc) is 3.55. The minimum absolute atomic E-state index is 0.447. The molecule has 0 heterocycles. The zero-order valence-corrected chi connectivity index (χ0v) is 25.8. The minimum atomic E-state index is -5.14. The van der Waals surface area contributed by atoms with Gasteiger partial charge in [0.05, 0.1) is 0 Å². The van der Waals surface area contributed by atoms with Crippen molar-refractivity contribution in [2.75, 3.05) is 0 Å². The molecule has 0 aliphatic heterocycles. The topological polar surface area (TPSA) is 0 Å². The molecule has 3 aromatic carbocycles. The summed E-state index contributed by atoms with van der Waals surface area (Å²) in [5, 5.41) is 0. The Balaban J connectivity index is 2.03. The van der Waals surface area contributed by atoms with E-state index in [9.17, 15) is 0 Å². The molecule has 2 atom stereocenters. The summed E-state index contributed by atoms with van der Waals surface area (Å²) in [4.78, 5) is 0. The van der Waals surface area contributed by atoms with Crippen molar-refractivity contribution in [3.63, 3.8) is 0 Å². The molecule has 0 spiro atoms. The van der Waals surface area contributed by atoms with Crippen molar-refractivity contribution in [3.05, 3.63) is 113 Å². The number of hydrogen-bond acceptors (Lipinski definition) is 0. The Morgan fingerprint density at radius 3 is 1.51 bits per heavy atom. The normalized spacial score (nSPS) is 21.5. The van der Waals surface area contributed by atoms with Crippen LogP contribution in [0.25, 0.3) is 12.2 Å². The molecular weight excluding hydrogens is 516 g/mol. The predicted octanol–water partition coefficient (Wildman–Crippen LogP) is 8.64. The molecule has 0 saturated heterocycles. The molecule has 0 N–H and O–H groups in total. The molecule has 2 unspecified atom stereocenters. The zero-order chi connectivity index (χ0) is 24.7. The molecule has 0 amide bonds. The Bertz CT molecular complexity index is 1370. The van der Waals surface area contributed by atoms with E-state index in [1.165, 1.54) is 45.1 Å². The van der Waals surface area contributed by atoms with Gasteiger partial charge in [0.2, 0.25) is 0 Å². The molecule has 3 aromatic rings. The predicted molar refractivity (Wildman–Crippen MR) is 156 cm³/mol. The number of benzene rings is 3. The maximum absolute atomic E-state index is 5.14. The van der Waals surface area contributed by atoms with Crippen molar-refractivity contribution < 1.29 is 14.4 Å². The van der Waals surface area contributed by atoms with E-state index in [2.05, 4.69) is 129 Å². The molecule has 0 aromatic heterocycles. The number of allylic oxidation sites excluding steroid dienone is 2. The molecular formula is C33H42SiZr. The first-order chi connectivity index (χ1) is 16.8. The molecule has 0 saturated carbocycles. The van der Waals surface area contributed by atoms with Gasteiger partial charge in [0, 0.05) is 0 Å². The van der Waals surface area contributed by atoms with Gasteiger partial charge in [-0.15, -0.1) is 0 Å². The van der Waals surface area contributed by atoms with Crippen LogP contribution >= 0.6 is 0 Å². The van der Waals surface area contributed by atoms with Crippen molar-refractivity contribution in [2.24, 2.45) is 0 Å². The van der Waals surface area contributed by atoms with Gasteiger partial charge >= 0.3 is 210 Å². The van der Waals surface area contributed by atoms with Gasteiger partial charge in [0.25, 0.3) is 0 Å².